The number of hydroxylamine groups is 1. The van der Waals surface area contributed by atoms with E-state index >= 15 is 0 Å². The number of aryl methyl sites for hydroxylation is 1. The summed E-state index contributed by atoms with van der Waals surface area (Å²) in [4.78, 5) is 32.0. The van der Waals surface area contributed by atoms with Gasteiger partial charge in [0, 0.05) is 0 Å². The zero-order valence-electron chi connectivity index (χ0n) is 13.2. The van der Waals surface area contributed by atoms with E-state index < -0.39 is 5.60 Å². The molecule has 1 N–H and O–H groups in total. The monoisotopic (exact) mass is 320 g/mol. The molecule has 24 heavy (non-hydrogen) atoms. The molecular weight excluding hydrogens is 304 g/mol. The summed E-state index contributed by atoms with van der Waals surface area (Å²) in [6.45, 7) is 2.01. The first-order valence-electron chi connectivity index (χ1n) is 7.75. The van der Waals surface area contributed by atoms with E-state index in [9.17, 15) is 9.59 Å². The Kier molecular flexibility index (Phi) is 3.25. The standard InChI is InChI=1S/C19H16N2O3/c1-13-7-9-14(10-8-13)16-11-19(24-20-16)12-17(22)21(18(19)23)15-5-3-2-4-6-15/h2-11,20H,12H2,1H3/t19-/m1/s1. The number of carbonyl (C=O) groups excluding carboxylic acids is 2. The maximum absolute atomic E-state index is 12.9. The smallest absolute Gasteiger partial charge is 0.273 e. The molecule has 5 heteroatoms. The van der Waals surface area contributed by atoms with Gasteiger partial charge in [-0.25, -0.2) is 4.90 Å². The van der Waals surface area contributed by atoms with Crippen molar-refractivity contribution in [1.82, 2.24) is 5.48 Å². The maximum atomic E-state index is 12.9. The van der Waals surface area contributed by atoms with E-state index in [1.54, 1.807) is 30.3 Å². The average molecular weight is 320 g/mol. The fourth-order valence-corrected chi connectivity index (χ4v) is 3.03. The van der Waals surface area contributed by atoms with Crippen LogP contribution in [0, 0.1) is 6.92 Å². The largest absolute Gasteiger partial charge is 0.274 e. The predicted molar refractivity (Wildman–Crippen MR) is 89.7 cm³/mol. The molecule has 0 radical (unpaired) electrons. The minimum Gasteiger partial charge on any atom is -0.274 e. The van der Waals surface area contributed by atoms with Crippen molar-refractivity contribution in [3.63, 3.8) is 0 Å². The van der Waals surface area contributed by atoms with Crippen LogP contribution in [0.25, 0.3) is 5.70 Å². The highest BCUT2D eigenvalue weighted by molar-refractivity contribution is 6.25. The Bertz CT molecular complexity index is 843. The van der Waals surface area contributed by atoms with Gasteiger partial charge in [-0.05, 0) is 30.7 Å². The molecule has 1 spiro atoms. The van der Waals surface area contributed by atoms with Crippen molar-refractivity contribution in [3.8, 4) is 0 Å². The Balaban J connectivity index is 1.68. The summed E-state index contributed by atoms with van der Waals surface area (Å²) in [7, 11) is 0. The Morgan fingerprint density at radius 3 is 2.46 bits per heavy atom. The van der Waals surface area contributed by atoms with Gasteiger partial charge in [-0.15, -0.1) is 0 Å². The minimum absolute atomic E-state index is 0.0108. The molecule has 2 heterocycles. The number of benzene rings is 2. The van der Waals surface area contributed by atoms with Crippen molar-refractivity contribution in [3.05, 3.63) is 71.8 Å². The first-order chi connectivity index (χ1) is 11.6. The first kappa shape index (κ1) is 14.7. The number of nitrogens with zero attached hydrogens (tertiary/aromatic N) is 1. The van der Waals surface area contributed by atoms with Crippen molar-refractivity contribution in [2.45, 2.75) is 18.9 Å². The lowest BCUT2D eigenvalue weighted by molar-refractivity contribution is -0.136. The van der Waals surface area contributed by atoms with Crippen LogP contribution in [0.1, 0.15) is 17.5 Å². The van der Waals surface area contributed by atoms with Gasteiger partial charge >= 0.3 is 0 Å². The van der Waals surface area contributed by atoms with Crippen LogP contribution < -0.4 is 10.4 Å². The normalized spacial score (nSPS) is 22.9. The van der Waals surface area contributed by atoms with Gasteiger partial charge in [-0.3, -0.25) is 19.9 Å². The van der Waals surface area contributed by atoms with E-state index in [1.165, 1.54) is 4.90 Å². The molecule has 4 rings (SSSR count). The average Bonchev–Trinajstić information content (AvgIpc) is 3.11. The van der Waals surface area contributed by atoms with Crippen LogP contribution in [0.3, 0.4) is 0 Å². The minimum atomic E-state index is -1.27. The fraction of sp³-hybridized carbons (Fsp3) is 0.158. The van der Waals surface area contributed by atoms with E-state index in [-0.39, 0.29) is 18.2 Å². The molecular formula is C19H16N2O3. The second-order valence-corrected chi connectivity index (χ2v) is 6.06. The summed E-state index contributed by atoms with van der Waals surface area (Å²) < 4.78 is 0. The van der Waals surface area contributed by atoms with Gasteiger partial charge in [-0.2, -0.15) is 0 Å². The lowest BCUT2D eigenvalue weighted by Crippen LogP contribution is -2.40. The maximum Gasteiger partial charge on any atom is 0.273 e. The number of hydrogen-bond donors (Lipinski definition) is 1. The molecule has 0 unspecified atom stereocenters. The Labute approximate surface area is 139 Å². The predicted octanol–water partition coefficient (Wildman–Crippen LogP) is 2.57. The van der Waals surface area contributed by atoms with Crippen molar-refractivity contribution in [2.24, 2.45) is 0 Å². The first-order valence-corrected chi connectivity index (χ1v) is 7.75. The molecule has 0 bridgehead atoms. The second kappa shape index (κ2) is 5.32. The summed E-state index contributed by atoms with van der Waals surface area (Å²) in [5, 5.41) is 0. The number of imide groups is 1. The number of para-hydroxylation sites is 1. The van der Waals surface area contributed by atoms with E-state index in [0.717, 1.165) is 11.1 Å². The molecule has 0 saturated carbocycles. The van der Waals surface area contributed by atoms with Crippen LogP contribution in [0.2, 0.25) is 0 Å². The molecule has 0 aliphatic carbocycles. The molecule has 5 nitrogen and oxygen atoms in total. The number of nitrogens with one attached hydrogen (secondary N) is 1. The van der Waals surface area contributed by atoms with Gasteiger partial charge in [-0.1, -0.05) is 48.0 Å². The lowest BCUT2D eigenvalue weighted by atomic mass is 9.99. The number of amides is 2. The molecule has 1 saturated heterocycles. The van der Waals surface area contributed by atoms with Crippen LogP contribution >= 0.6 is 0 Å². The Hall–Kier alpha value is -2.92. The topological polar surface area (TPSA) is 58.6 Å². The van der Waals surface area contributed by atoms with Crippen molar-refractivity contribution in [2.75, 3.05) is 4.90 Å². The van der Waals surface area contributed by atoms with Crippen molar-refractivity contribution in [1.29, 1.82) is 0 Å². The van der Waals surface area contributed by atoms with Gasteiger partial charge in [0.25, 0.3) is 5.91 Å². The highest BCUT2D eigenvalue weighted by atomic mass is 16.7. The van der Waals surface area contributed by atoms with Crippen molar-refractivity contribution < 1.29 is 14.4 Å². The molecule has 2 amide bonds. The summed E-state index contributed by atoms with van der Waals surface area (Å²) in [5.41, 5.74) is 4.86. The van der Waals surface area contributed by atoms with E-state index in [1.807, 2.05) is 37.3 Å². The van der Waals surface area contributed by atoms with Gasteiger partial charge in [0.15, 0.2) is 0 Å². The summed E-state index contributed by atoms with van der Waals surface area (Å²) >= 11 is 0. The van der Waals surface area contributed by atoms with Crippen LogP contribution in [0.5, 0.6) is 0 Å². The van der Waals surface area contributed by atoms with E-state index in [4.69, 9.17) is 4.84 Å². The number of rotatable bonds is 2. The molecule has 0 aromatic heterocycles. The lowest BCUT2D eigenvalue weighted by Gasteiger charge is -2.18. The second-order valence-electron chi connectivity index (χ2n) is 6.06. The number of anilines is 1. The molecule has 1 fully saturated rings. The van der Waals surface area contributed by atoms with Crippen LogP contribution in [0.4, 0.5) is 5.69 Å². The molecule has 120 valence electrons. The van der Waals surface area contributed by atoms with Gasteiger partial charge in [0.2, 0.25) is 11.5 Å². The third kappa shape index (κ3) is 2.21. The Morgan fingerprint density at radius 2 is 1.75 bits per heavy atom. The summed E-state index contributed by atoms with van der Waals surface area (Å²) in [6.07, 6.45) is 1.70. The van der Waals surface area contributed by atoms with E-state index in [2.05, 4.69) is 5.48 Å². The highest BCUT2D eigenvalue weighted by Crippen LogP contribution is 2.37. The number of hydrogen-bond acceptors (Lipinski definition) is 4. The van der Waals surface area contributed by atoms with Crippen LogP contribution in [-0.2, 0) is 14.4 Å². The van der Waals surface area contributed by atoms with E-state index in [0.29, 0.717) is 11.4 Å². The van der Waals surface area contributed by atoms with Gasteiger partial charge < -0.3 is 0 Å². The molecule has 2 aliphatic rings. The quantitative estimate of drug-likeness (QED) is 0.864. The summed E-state index contributed by atoms with van der Waals surface area (Å²) in [5.74, 6) is -0.636. The molecule has 2 aromatic carbocycles. The van der Waals surface area contributed by atoms with Crippen molar-refractivity contribution >= 4 is 23.2 Å². The third-order valence-electron chi connectivity index (χ3n) is 4.33. The van der Waals surface area contributed by atoms with Crippen LogP contribution in [0.15, 0.2) is 60.7 Å². The highest BCUT2D eigenvalue weighted by Gasteiger charge is 2.55. The van der Waals surface area contributed by atoms with Gasteiger partial charge in [0.05, 0.1) is 17.8 Å². The molecule has 2 aliphatic heterocycles. The fourth-order valence-electron chi connectivity index (χ4n) is 3.03. The van der Waals surface area contributed by atoms with Gasteiger partial charge in [0.1, 0.15) is 0 Å². The summed E-state index contributed by atoms with van der Waals surface area (Å²) in [6, 6.07) is 16.8. The molecule has 2 aromatic rings. The Morgan fingerprint density at radius 1 is 1.04 bits per heavy atom. The zero-order valence-corrected chi connectivity index (χ0v) is 13.2. The molecule has 1 atom stereocenters. The zero-order chi connectivity index (χ0) is 16.7. The van der Waals surface area contributed by atoms with Crippen LogP contribution in [-0.4, -0.2) is 17.4 Å². The number of carbonyl (C=O) groups is 2. The SMILES string of the molecule is Cc1ccc(C2=C[C@]3(CC(=O)N(c4ccccc4)C3=O)ON2)cc1. The third-order valence-corrected chi connectivity index (χ3v) is 4.33.